The molecule has 0 bridgehead atoms. The van der Waals surface area contributed by atoms with Crippen LogP contribution < -0.4 is 9.47 Å². The second-order valence-corrected chi connectivity index (χ2v) is 8.44. The van der Waals surface area contributed by atoms with Crippen LogP contribution in [0.4, 0.5) is 0 Å². The predicted molar refractivity (Wildman–Crippen MR) is 85.5 cm³/mol. The van der Waals surface area contributed by atoms with Crippen molar-refractivity contribution in [2.24, 2.45) is 0 Å². The molecule has 23 heavy (non-hydrogen) atoms. The molecule has 1 aliphatic rings. The van der Waals surface area contributed by atoms with E-state index in [1.807, 2.05) is 12.1 Å². The van der Waals surface area contributed by atoms with E-state index in [2.05, 4.69) is 10.2 Å². The summed E-state index contributed by atoms with van der Waals surface area (Å²) in [6.07, 6.45) is 0.618. The lowest BCUT2D eigenvalue weighted by molar-refractivity contribution is 0.348. The molecule has 1 aromatic heterocycles. The first-order valence-corrected chi connectivity index (χ1v) is 9.25. The minimum absolute atomic E-state index is 0.0407. The van der Waals surface area contributed by atoms with Crippen LogP contribution in [-0.4, -0.2) is 43.7 Å². The number of hydrogen-bond donors (Lipinski definition) is 0. The molecule has 2 aromatic rings. The summed E-state index contributed by atoms with van der Waals surface area (Å²) >= 11 is 1.09. The van der Waals surface area contributed by atoms with Crippen LogP contribution in [0.2, 0.25) is 0 Å². The molecule has 9 heteroatoms. The van der Waals surface area contributed by atoms with Gasteiger partial charge in [-0.05, 0) is 36.6 Å². The summed E-state index contributed by atoms with van der Waals surface area (Å²) in [7, 11) is -0.467. The van der Waals surface area contributed by atoms with Gasteiger partial charge in [0.2, 0.25) is 4.34 Å². The minimum Gasteiger partial charge on any atom is -0.493 e. The van der Waals surface area contributed by atoms with Crippen LogP contribution in [-0.2, 0) is 23.0 Å². The molecule has 0 unspecified atom stereocenters. The molecular formula is C14H17N3O4S2. The number of aryl methyl sites for hydroxylation is 1. The molecule has 0 fully saturated rings. The fourth-order valence-electron chi connectivity index (χ4n) is 2.56. The van der Waals surface area contributed by atoms with E-state index in [0.717, 1.165) is 22.5 Å². The third kappa shape index (κ3) is 2.91. The average molecular weight is 355 g/mol. The van der Waals surface area contributed by atoms with E-state index >= 15 is 0 Å². The topological polar surface area (TPSA) is 81.6 Å². The Balaban J connectivity index is 1.93. The Bertz CT molecular complexity index is 833. The lowest BCUT2D eigenvalue weighted by atomic mass is 10.0. The normalized spacial score (nSPS) is 15.3. The van der Waals surface area contributed by atoms with Crippen molar-refractivity contribution in [1.29, 1.82) is 0 Å². The summed E-state index contributed by atoms with van der Waals surface area (Å²) in [6.45, 7) is 2.43. The molecule has 0 saturated carbocycles. The molecule has 2 heterocycles. The van der Waals surface area contributed by atoms with Gasteiger partial charge in [-0.25, -0.2) is 8.42 Å². The van der Waals surface area contributed by atoms with E-state index < -0.39 is 10.0 Å². The van der Waals surface area contributed by atoms with Gasteiger partial charge in [-0.1, -0.05) is 11.3 Å². The first kappa shape index (κ1) is 16.2. The number of aromatic nitrogens is 2. The highest BCUT2D eigenvalue weighted by Gasteiger charge is 2.31. The van der Waals surface area contributed by atoms with Gasteiger partial charge in [0.05, 0.1) is 14.2 Å². The second-order valence-electron chi connectivity index (χ2n) is 5.15. The molecule has 0 aliphatic carbocycles. The zero-order valence-electron chi connectivity index (χ0n) is 13.1. The van der Waals surface area contributed by atoms with Gasteiger partial charge in [0.1, 0.15) is 5.01 Å². The lowest BCUT2D eigenvalue weighted by Crippen LogP contribution is -2.36. The molecule has 7 nitrogen and oxygen atoms in total. The van der Waals surface area contributed by atoms with Gasteiger partial charge in [0, 0.05) is 13.1 Å². The highest BCUT2D eigenvalue weighted by Crippen LogP contribution is 2.34. The van der Waals surface area contributed by atoms with Crippen LogP contribution in [0.15, 0.2) is 16.5 Å². The lowest BCUT2D eigenvalue weighted by Gasteiger charge is -2.27. The van der Waals surface area contributed by atoms with Crippen LogP contribution in [0.3, 0.4) is 0 Å². The molecule has 0 amide bonds. The first-order chi connectivity index (χ1) is 11.0. The summed E-state index contributed by atoms with van der Waals surface area (Å²) < 4.78 is 37.4. The smallest absolute Gasteiger partial charge is 0.272 e. The standard InChI is InChI=1S/C14H17N3O4S2/c1-9-15-16-14(22-9)23(18,19)17-5-4-10-6-12(20-2)13(21-3)7-11(10)8-17/h6-7H,4-5,8H2,1-3H3. The molecule has 124 valence electrons. The van der Waals surface area contributed by atoms with Crippen molar-refractivity contribution in [2.75, 3.05) is 20.8 Å². The molecule has 1 aromatic carbocycles. The number of nitrogens with zero attached hydrogens (tertiary/aromatic N) is 3. The molecule has 0 atom stereocenters. The fraction of sp³-hybridized carbons (Fsp3) is 0.429. The molecular weight excluding hydrogens is 338 g/mol. The van der Waals surface area contributed by atoms with E-state index in [-0.39, 0.29) is 10.9 Å². The first-order valence-electron chi connectivity index (χ1n) is 6.99. The fourth-order valence-corrected chi connectivity index (χ4v) is 5.08. The van der Waals surface area contributed by atoms with Crippen molar-refractivity contribution >= 4 is 21.4 Å². The number of hydrogen-bond acceptors (Lipinski definition) is 7. The van der Waals surface area contributed by atoms with E-state index in [1.54, 1.807) is 21.1 Å². The molecule has 0 N–H and O–H groups in total. The number of methoxy groups -OCH3 is 2. The molecule has 0 radical (unpaired) electrons. The number of sulfonamides is 1. The summed E-state index contributed by atoms with van der Waals surface area (Å²) in [5, 5.41) is 8.20. The van der Waals surface area contributed by atoms with E-state index in [1.165, 1.54) is 4.31 Å². The van der Waals surface area contributed by atoms with Crippen LogP contribution in [0.5, 0.6) is 11.5 Å². The maximum Gasteiger partial charge on any atom is 0.272 e. The number of fused-ring (bicyclic) bond motifs is 1. The van der Waals surface area contributed by atoms with E-state index in [0.29, 0.717) is 29.5 Å². The van der Waals surface area contributed by atoms with Crippen LogP contribution >= 0.6 is 11.3 Å². The van der Waals surface area contributed by atoms with Crippen LogP contribution in [0.1, 0.15) is 16.1 Å². The summed E-state index contributed by atoms with van der Waals surface area (Å²) in [4.78, 5) is 0. The Labute approximate surface area is 138 Å². The van der Waals surface area contributed by atoms with Gasteiger partial charge in [-0.3, -0.25) is 0 Å². The minimum atomic E-state index is -3.61. The van der Waals surface area contributed by atoms with Gasteiger partial charge in [0.25, 0.3) is 10.0 Å². The van der Waals surface area contributed by atoms with Gasteiger partial charge in [-0.15, -0.1) is 10.2 Å². The highest BCUT2D eigenvalue weighted by atomic mass is 32.2. The molecule has 0 saturated heterocycles. The Morgan fingerprint density at radius 2 is 1.78 bits per heavy atom. The van der Waals surface area contributed by atoms with Crippen molar-refractivity contribution in [3.8, 4) is 11.5 Å². The SMILES string of the molecule is COc1cc2c(cc1OC)CN(S(=O)(=O)c1nnc(C)s1)CC2. The summed E-state index contributed by atoms with van der Waals surface area (Å²) in [5.41, 5.74) is 1.99. The van der Waals surface area contributed by atoms with Gasteiger partial charge < -0.3 is 9.47 Å². The average Bonchev–Trinajstić information content (AvgIpc) is 3.00. The molecule has 1 aliphatic heterocycles. The Morgan fingerprint density at radius 1 is 1.13 bits per heavy atom. The number of benzene rings is 1. The second kappa shape index (κ2) is 6.06. The molecule has 0 spiro atoms. The molecule has 3 rings (SSSR count). The summed E-state index contributed by atoms with van der Waals surface area (Å²) in [5.74, 6) is 1.25. The van der Waals surface area contributed by atoms with Crippen LogP contribution in [0, 0.1) is 6.92 Å². The largest absolute Gasteiger partial charge is 0.493 e. The van der Waals surface area contributed by atoms with E-state index in [9.17, 15) is 8.42 Å². The Hall–Kier alpha value is -1.71. The Kier molecular flexibility index (Phi) is 4.26. The summed E-state index contributed by atoms with van der Waals surface area (Å²) in [6, 6.07) is 3.74. The van der Waals surface area contributed by atoms with Crippen molar-refractivity contribution in [3.05, 3.63) is 28.3 Å². The quantitative estimate of drug-likeness (QED) is 0.829. The third-order valence-electron chi connectivity index (χ3n) is 3.75. The van der Waals surface area contributed by atoms with Crippen LogP contribution in [0.25, 0.3) is 0 Å². The zero-order valence-corrected chi connectivity index (χ0v) is 14.7. The van der Waals surface area contributed by atoms with Crippen molar-refractivity contribution in [1.82, 2.24) is 14.5 Å². The number of ether oxygens (including phenoxy) is 2. The highest BCUT2D eigenvalue weighted by molar-refractivity contribution is 7.91. The van der Waals surface area contributed by atoms with Crippen molar-refractivity contribution in [2.45, 2.75) is 24.2 Å². The van der Waals surface area contributed by atoms with Gasteiger partial charge in [-0.2, -0.15) is 4.31 Å². The monoisotopic (exact) mass is 355 g/mol. The Morgan fingerprint density at radius 3 is 2.35 bits per heavy atom. The maximum atomic E-state index is 12.7. The van der Waals surface area contributed by atoms with Crippen molar-refractivity contribution < 1.29 is 17.9 Å². The third-order valence-corrected chi connectivity index (χ3v) is 6.78. The predicted octanol–water partition coefficient (Wildman–Crippen LogP) is 1.61. The maximum absolute atomic E-state index is 12.7. The van der Waals surface area contributed by atoms with Gasteiger partial charge in [0.15, 0.2) is 11.5 Å². The van der Waals surface area contributed by atoms with Crippen molar-refractivity contribution in [3.63, 3.8) is 0 Å². The van der Waals surface area contributed by atoms with Gasteiger partial charge >= 0.3 is 0 Å². The zero-order chi connectivity index (χ0) is 16.6. The number of rotatable bonds is 4. The van der Waals surface area contributed by atoms with E-state index in [4.69, 9.17) is 9.47 Å².